The van der Waals surface area contributed by atoms with Crippen LogP contribution >= 0.6 is 11.6 Å². The van der Waals surface area contributed by atoms with Gasteiger partial charge in [-0.1, -0.05) is 17.7 Å². The molecule has 1 aliphatic rings. The van der Waals surface area contributed by atoms with Gasteiger partial charge in [0.15, 0.2) is 0 Å². The summed E-state index contributed by atoms with van der Waals surface area (Å²) in [5.74, 6) is -0.208. The molecule has 0 unspecified atom stereocenters. The Kier molecular flexibility index (Phi) is 4.29. The molecule has 3 aromatic rings. The number of rotatable bonds is 4. The van der Waals surface area contributed by atoms with E-state index in [9.17, 15) is 19.7 Å². The molecule has 8 heteroatoms. The number of nitro groups is 1. The Morgan fingerprint density at radius 1 is 0.857 bits per heavy atom. The Labute approximate surface area is 163 Å². The van der Waals surface area contributed by atoms with E-state index >= 15 is 0 Å². The van der Waals surface area contributed by atoms with E-state index in [0.29, 0.717) is 16.5 Å². The quantitative estimate of drug-likeness (QED) is 0.359. The predicted octanol–water partition coefficient (Wildman–Crippen LogP) is 4.84. The Morgan fingerprint density at radius 3 is 2.25 bits per heavy atom. The van der Waals surface area contributed by atoms with Crippen LogP contribution in [0.1, 0.15) is 20.7 Å². The third kappa shape index (κ3) is 3.08. The monoisotopic (exact) mass is 394 g/mol. The first-order valence-corrected chi connectivity index (χ1v) is 8.52. The summed E-state index contributed by atoms with van der Waals surface area (Å²) in [6.45, 7) is 0. The minimum Gasteiger partial charge on any atom is -0.457 e. The molecule has 0 fully saturated rings. The van der Waals surface area contributed by atoms with E-state index in [1.165, 1.54) is 36.4 Å². The Morgan fingerprint density at radius 2 is 1.54 bits per heavy atom. The molecule has 28 heavy (non-hydrogen) atoms. The first-order valence-electron chi connectivity index (χ1n) is 8.15. The third-order valence-corrected chi connectivity index (χ3v) is 4.46. The number of non-ortho nitro benzene ring substituents is 1. The topological polar surface area (TPSA) is 89.8 Å². The molecule has 138 valence electrons. The van der Waals surface area contributed by atoms with Crippen molar-refractivity contribution in [2.45, 2.75) is 0 Å². The lowest BCUT2D eigenvalue weighted by Crippen LogP contribution is -2.29. The smallest absolute Gasteiger partial charge is 0.271 e. The van der Waals surface area contributed by atoms with Crippen molar-refractivity contribution >= 4 is 34.8 Å². The van der Waals surface area contributed by atoms with Crippen LogP contribution in [0.3, 0.4) is 0 Å². The fourth-order valence-electron chi connectivity index (χ4n) is 2.90. The van der Waals surface area contributed by atoms with E-state index < -0.39 is 16.7 Å². The molecule has 0 aliphatic carbocycles. The number of ether oxygens (including phenoxy) is 1. The van der Waals surface area contributed by atoms with Crippen molar-refractivity contribution in [2.75, 3.05) is 4.90 Å². The molecule has 1 aliphatic heterocycles. The van der Waals surface area contributed by atoms with Crippen molar-refractivity contribution in [2.24, 2.45) is 0 Å². The van der Waals surface area contributed by atoms with Crippen molar-refractivity contribution < 1.29 is 19.2 Å². The maximum atomic E-state index is 12.8. The molecular weight excluding hydrogens is 384 g/mol. The van der Waals surface area contributed by atoms with Crippen molar-refractivity contribution in [3.05, 3.63) is 93.0 Å². The van der Waals surface area contributed by atoms with E-state index in [4.69, 9.17) is 16.3 Å². The first-order chi connectivity index (χ1) is 13.4. The zero-order valence-corrected chi connectivity index (χ0v) is 14.9. The van der Waals surface area contributed by atoms with Gasteiger partial charge < -0.3 is 4.74 Å². The number of imide groups is 1. The van der Waals surface area contributed by atoms with Gasteiger partial charge in [0.25, 0.3) is 17.5 Å². The molecule has 3 aromatic carbocycles. The highest BCUT2D eigenvalue weighted by molar-refractivity contribution is 6.34. The number of nitrogens with zero attached hydrogens (tertiary/aromatic N) is 2. The van der Waals surface area contributed by atoms with Crippen molar-refractivity contribution in [3.63, 3.8) is 0 Å². The molecule has 0 N–H and O–H groups in total. The summed E-state index contributed by atoms with van der Waals surface area (Å²) in [4.78, 5) is 36.8. The van der Waals surface area contributed by atoms with Crippen LogP contribution in [0.25, 0.3) is 0 Å². The molecule has 0 atom stereocenters. The molecule has 0 saturated heterocycles. The number of benzene rings is 3. The predicted molar refractivity (Wildman–Crippen MR) is 102 cm³/mol. The van der Waals surface area contributed by atoms with Gasteiger partial charge >= 0.3 is 0 Å². The van der Waals surface area contributed by atoms with Crippen LogP contribution in [0.15, 0.2) is 66.7 Å². The zero-order valence-electron chi connectivity index (χ0n) is 14.2. The summed E-state index contributed by atoms with van der Waals surface area (Å²) < 4.78 is 5.70. The maximum absolute atomic E-state index is 12.8. The molecule has 1 heterocycles. The van der Waals surface area contributed by atoms with Crippen LogP contribution in [0.2, 0.25) is 5.02 Å². The molecule has 7 nitrogen and oxygen atoms in total. The van der Waals surface area contributed by atoms with Gasteiger partial charge in [0.1, 0.15) is 11.5 Å². The highest BCUT2D eigenvalue weighted by Gasteiger charge is 2.37. The van der Waals surface area contributed by atoms with Crippen molar-refractivity contribution in [1.29, 1.82) is 0 Å². The van der Waals surface area contributed by atoms with Gasteiger partial charge in [0.2, 0.25) is 0 Å². The van der Waals surface area contributed by atoms with Crippen LogP contribution in [0, 0.1) is 10.1 Å². The number of amides is 2. The van der Waals surface area contributed by atoms with Gasteiger partial charge in [-0.2, -0.15) is 0 Å². The summed E-state index contributed by atoms with van der Waals surface area (Å²) in [6.07, 6.45) is 0. The number of hydrogen-bond acceptors (Lipinski definition) is 5. The lowest BCUT2D eigenvalue weighted by molar-refractivity contribution is -0.384. The second-order valence-corrected chi connectivity index (χ2v) is 6.42. The lowest BCUT2D eigenvalue weighted by Gasteiger charge is -2.13. The fourth-order valence-corrected chi connectivity index (χ4v) is 3.03. The number of carbonyl (C=O) groups is 2. The number of fused-ring (bicyclic) bond motifs is 1. The standard InChI is InChI=1S/C20H11ClN2O5/c21-12-4-6-15(7-5-12)28-16-8-9-17-18(11-16)20(25)22(19(17)24)13-2-1-3-14(10-13)23(26)27/h1-11H. The average Bonchev–Trinajstić information content (AvgIpc) is 2.94. The molecule has 4 rings (SSSR count). The van der Waals surface area contributed by atoms with E-state index in [1.807, 2.05) is 0 Å². The van der Waals surface area contributed by atoms with Crippen LogP contribution in [0.4, 0.5) is 11.4 Å². The number of hydrogen-bond donors (Lipinski definition) is 0. The van der Waals surface area contributed by atoms with E-state index in [1.54, 1.807) is 30.3 Å². The Hall–Kier alpha value is -3.71. The number of nitro benzene ring substituents is 1. The van der Waals surface area contributed by atoms with Gasteiger partial charge in [-0.3, -0.25) is 19.7 Å². The van der Waals surface area contributed by atoms with Crippen LogP contribution in [-0.4, -0.2) is 16.7 Å². The second kappa shape index (κ2) is 6.79. The van der Waals surface area contributed by atoms with E-state index in [-0.39, 0.29) is 22.5 Å². The molecular formula is C20H11ClN2O5. The van der Waals surface area contributed by atoms with Crippen LogP contribution < -0.4 is 9.64 Å². The van der Waals surface area contributed by atoms with E-state index in [2.05, 4.69) is 0 Å². The summed E-state index contributed by atoms with van der Waals surface area (Å²) in [7, 11) is 0. The summed E-state index contributed by atoms with van der Waals surface area (Å²) in [5.41, 5.74) is 0.310. The maximum Gasteiger partial charge on any atom is 0.271 e. The SMILES string of the molecule is O=C1c2ccc(Oc3ccc(Cl)cc3)cc2C(=O)N1c1cccc([N+](=O)[O-])c1. The molecule has 2 amide bonds. The van der Waals surface area contributed by atoms with Crippen molar-refractivity contribution in [3.8, 4) is 11.5 Å². The molecule has 0 aromatic heterocycles. The molecule has 0 saturated carbocycles. The second-order valence-electron chi connectivity index (χ2n) is 5.99. The summed E-state index contributed by atoms with van der Waals surface area (Å²) in [6, 6.07) is 16.6. The van der Waals surface area contributed by atoms with Crippen LogP contribution in [0.5, 0.6) is 11.5 Å². The third-order valence-electron chi connectivity index (χ3n) is 4.21. The van der Waals surface area contributed by atoms with Gasteiger partial charge in [-0.25, -0.2) is 4.90 Å². The normalized spacial score (nSPS) is 12.8. The van der Waals surface area contributed by atoms with Gasteiger partial charge in [-0.05, 0) is 48.5 Å². The minimum atomic E-state index is -0.584. The van der Waals surface area contributed by atoms with Crippen molar-refractivity contribution in [1.82, 2.24) is 0 Å². The highest BCUT2D eigenvalue weighted by atomic mass is 35.5. The number of halogens is 1. The Bertz CT molecular complexity index is 1130. The minimum absolute atomic E-state index is 0.139. The van der Waals surface area contributed by atoms with Crippen LogP contribution in [-0.2, 0) is 0 Å². The van der Waals surface area contributed by atoms with Gasteiger partial charge in [0.05, 0.1) is 21.7 Å². The highest BCUT2D eigenvalue weighted by Crippen LogP contribution is 2.33. The molecule has 0 bridgehead atoms. The molecule has 0 radical (unpaired) electrons. The lowest BCUT2D eigenvalue weighted by atomic mass is 10.1. The average molecular weight is 395 g/mol. The summed E-state index contributed by atoms with van der Waals surface area (Å²) in [5, 5.41) is 11.5. The largest absolute Gasteiger partial charge is 0.457 e. The zero-order chi connectivity index (χ0) is 19.8. The molecule has 0 spiro atoms. The van der Waals surface area contributed by atoms with Gasteiger partial charge in [-0.15, -0.1) is 0 Å². The number of carbonyl (C=O) groups excluding carboxylic acids is 2. The number of anilines is 1. The van der Waals surface area contributed by atoms with Gasteiger partial charge in [0, 0.05) is 17.2 Å². The fraction of sp³-hybridized carbons (Fsp3) is 0. The first kappa shape index (κ1) is 17.7. The van der Waals surface area contributed by atoms with E-state index in [0.717, 1.165) is 4.90 Å². The summed E-state index contributed by atoms with van der Waals surface area (Å²) >= 11 is 5.85. The Balaban J connectivity index is 1.66.